The van der Waals surface area contributed by atoms with Gasteiger partial charge in [-0.15, -0.1) is 0 Å². The number of rotatable bonds is 5. The summed E-state index contributed by atoms with van der Waals surface area (Å²) in [7, 11) is 0. The van der Waals surface area contributed by atoms with Crippen molar-refractivity contribution in [2.75, 3.05) is 13.1 Å². The molecule has 2 aromatic carbocycles. The number of carbonyl (C=O) groups excluding carboxylic acids is 5. The molecule has 12 heteroatoms. The van der Waals surface area contributed by atoms with Crippen molar-refractivity contribution in [1.82, 2.24) is 31.2 Å². The molecule has 3 aromatic rings. The van der Waals surface area contributed by atoms with E-state index in [-0.39, 0.29) is 42.1 Å². The maximum Gasteiger partial charge on any atom is 0.272 e. The van der Waals surface area contributed by atoms with E-state index in [1.807, 2.05) is 44.2 Å². The van der Waals surface area contributed by atoms with Crippen LogP contribution in [0.1, 0.15) is 72.0 Å². The summed E-state index contributed by atoms with van der Waals surface area (Å²) in [4.78, 5) is 72.5. The van der Waals surface area contributed by atoms with Crippen molar-refractivity contribution in [2.45, 2.75) is 71.1 Å². The SMILES string of the molecule is CC(C)C[C@@H]1NC(=O)[C@@H](Cc2ccccc2)NC(=O)c2ccc(cc2)CN(C(=O)c2ccc(O)cn2)CCCCNC(=O)[C@@H](C)NC1=O. The number of carbonyl (C=O) groups is 5. The number of hydrogen-bond donors (Lipinski definition) is 5. The Morgan fingerprint density at radius 2 is 1.58 bits per heavy atom. The molecule has 48 heavy (non-hydrogen) atoms. The highest BCUT2D eigenvalue weighted by Gasteiger charge is 2.29. The van der Waals surface area contributed by atoms with Gasteiger partial charge in [-0.3, -0.25) is 24.0 Å². The highest BCUT2D eigenvalue weighted by molar-refractivity contribution is 5.99. The molecule has 0 radical (unpaired) electrons. The molecule has 2 aliphatic heterocycles. The van der Waals surface area contributed by atoms with E-state index in [1.54, 1.807) is 36.1 Å². The molecular formula is C36H44N6O6. The molecule has 0 aliphatic carbocycles. The first-order valence-electron chi connectivity index (χ1n) is 16.3. The molecular weight excluding hydrogens is 612 g/mol. The van der Waals surface area contributed by atoms with Gasteiger partial charge in [0.25, 0.3) is 11.8 Å². The van der Waals surface area contributed by atoms with Gasteiger partial charge in [0.15, 0.2) is 0 Å². The third-order valence-corrected chi connectivity index (χ3v) is 7.99. The van der Waals surface area contributed by atoms with Crippen molar-refractivity contribution >= 4 is 29.5 Å². The Morgan fingerprint density at radius 1 is 0.875 bits per heavy atom. The maximum atomic E-state index is 13.7. The summed E-state index contributed by atoms with van der Waals surface area (Å²) in [6, 6.07) is 16.1. The van der Waals surface area contributed by atoms with E-state index in [1.165, 1.54) is 18.3 Å². The zero-order valence-electron chi connectivity index (χ0n) is 27.6. The fourth-order valence-corrected chi connectivity index (χ4v) is 5.36. The van der Waals surface area contributed by atoms with Gasteiger partial charge in [-0.25, -0.2) is 4.98 Å². The quantitative estimate of drug-likeness (QED) is 0.263. The van der Waals surface area contributed by atoms with Crippen LogP contribution in [-0.4, -0.2) is 75.7 Å². The summed E-state index contributed by atoms with van der Waals surface area (Å²) >= 11 is 0. The minimum Gasteiger partial charge on any atom is -0.506 e. The molecule has 0 spiro atoms. The second-order valence-corrected chi connectivity index (χ2v) is 12.5. The van der Waals surface area contributed by atoms with Crippen LogP contribution in [0.25, 0.3) is 0 Å². The molecule has 2 bridgehead atoms. The predicted molar refractivity (Wildman–Crippen MR) is 180 cm³/mol. The largest absolute Gasteiger partial charge is 0.506 e. The van der Waals surface area contributed by atoms with E-state index in [0.29, 0.717) is 37.9 Å². The molecule has 254 valence electrons. The van der Waals surface area contributed by atoms with Crippen LogP contribution < -0.4 is 21.3 Å². The van der Waals surface area contributed by atoms with E-state index in [4.69, 9.17) is 0 Å². The number of fused-ring (bicyclic) bond motifs is 18. The maximum absolute atomic E-state index is 13.7. The molecule has 3 atom stereocenters. The Labute approximate surface area is 280 Å². The number of pyridine rings is 1. The van der Waals surface area contributed by atoms with Crippen molar-refractivity contribution < 1.29 is 29.1 Å². The summed E-state index contributed by atoms with van der Waals surface area (Å²) in [5.74, 6) is -2.20. The van der Waals surface area contributed by atoms with Crippen LogP contribution in [0.5, 0.6) is 5.75 Å². The molecule has 0 unspecified atom stereocenters. The van der Waals surface area contributed by atoms with E-state index in [0.717, 1.165) is 11.1 Å². The highest BCUT2D eigenvalue weighted by Crippen LogP contribution is 2.15. The Bertz CT molecular complexity index is 1560. The number of amides is 5. The number of benzene rings is 2. The van der Waals surface area contributed by atoms with Gasteiger partial charge in [-0.1, -0.05) is 56.3 Å². The van der Waals surface area contributed by atoms with Crippen LogP contribution in [0.3, 0.4) is 0 Å². The molecule has 5 amide bonds. The lowest BCUT2D eigenvalue weighted by Gasteiger charge is -2.25. The molecule has 3 heterocycles. The van der Waals surface area contributed by atoms with Crippen molar-refractivity contribution in [1.29, 1.82) is 0 Å². The Hall–Kier alpha value is -5.26. The minimum atomic E-state index is -0.997. The summed E-state index contributed by atoms with van der Waals surface area (Å²) in [5, 5.41) is 20.8. The van der Waals surface area contributed by atoms with Crippen molar-refractivity contribution in [3.05, 3.63) is 95.3 Å². The van der Waals surface area contributed by atoms with Crippen LogP contribution in [0.2, 0.25) is 0 Å². The lowest BCUT2D eigenvalue weighted by atomic mass is 10.0. The summed E-state index contributed by atoms with van der Waals surface area (Å²) in [6.45, 7) is 6.35. The fraction of sp³-hybridized carbons (Fsp3) is 0.389. The van der Waals surface area contributed by atoms with Crippen molar-refractivity contribution in [3.63, 3.8) is 0 Å². The third kappa shape index (κ3) is 10.4. The lowest BCUT2D eigenvalue weighted by Crippen LogP contribution is -2.57. The number of aromatic hydroxyl groups is 1. The van der Waals surface area contributed by atoms with E-state index in [2.05, 4.69) is 26.3 Å². The smallest absolute Gasteiger partial charge is 0.272 e. The van der Waals surface area contributed by atoms with Gasteiger partial charge < -0.3 is 31.3 Å². The Kier molecular flexibility index (Phi) is 12.6. The van der Waals surface area contributed by atoms with Crippen LogP contribution in [-0.2, 0) is 27.3 Å². The van der Waals surface area contributed by atoms with Gasteiger partial charge in [0.2, 0.25) is 17.7 Å². The first-order valence-corrected chi connectivity index (χ1v) is 16.3. The van der Waals surface area contributed by atoms with E-state index in [9.17, 15) is 29.1 Å². The standard InChI is InChI=1S/C36H44N6O6/c1-23(2)19-30-34(46)39-24(3)32(44)37-17-7-8-18-42(36(48)29-16-15-28(43)21-38-29)22-26-11-13-27(14-12-26)33(45)40-31(35(47)41-30)20-25-9-5-4-6-10-25/h4-6,9-16,21,23-24,30-31,43H,7-8,17-20,22H2,1-3H3,(H,37,44)(H,39,46)(H,40,45)(H,41,47)/t24-,30+,31-/m1/s1. The number of hydrogen-bond acceptors (Lipinski definition) is 7. The van der Waals surface area contributed by atoms with Crippen molar-refractivity contribution in [3.8, 4) is 5.75 Å². The molecule has 0 saturated carbocycles. The summed E-state index contributed by atoms with van der Waals surface area (Å²) in [5.41, 5.74) is 2.09. The summed E-state index contributed by atoms with van der Waals surface area (Å²) in [6.07, 6.45) is 2.85. The van der Waals surface area contributed by atoms with Gasteiger partial charge in [0, 0.05) is 31.6 Å². The first-order chi connectivity index (χ1) is 23.0. The second-order valence-electron chi connectivity index (χ2n) is 12.5. The van der Waals surface area contributed by atoms with Crippen LogP contribution in [0.15, 0.2) is 72.9 Å². The van der Waals surface area contributed by atoms with Gasteiger partial charge in [-0.05, 0) is 67.5 Å². The molecule has 0 saturated heterocycles. The normalized spacial score (nSPS) is 20.2. The average Bonchev–Trinajstić information content (AvgIpc) is 3.07. The van der Waals surface area contributed by atoms with Crippen LogP contribution in [0, 0.1) is 5.92 Å². The zero-order chi connectivity index (χ0) is 34.6. The number of aromatic nitrogens is 1. The monoisotopic (exact) mass is 656 g/mol. The van der Waals surface area contributed by atoms with Gasteiger partial charge >= 0.3 is 0 Å². The van der Waals surface area contributed by atoms with E-state index < -0.39 is 35.8 Å². The molecule has 12 nitrogen and oxygen atoms in total. The Balaban J connectivity index is 1.62. The highest BCUT2D eigenvalue weighted by atomic mass is 16.3. The molecule has 2 aliphatic rings. The van der Waals surface area contributed by atoms with Gasteiger partial charge in [-0.2, -0.15) is 0 Å². The van der Waals surface area contributed by atoms with Crippen molar-refractivity contribution in [2.24, 2.45) is 5.92 Å². The second kappa shape index (κ2) is 17.1. The zero-order valence-corrected chi connectivity index (χ0v) is 27.6. The molecule has 5 N–H and O–H groups in total. The molecule has 0 fully saturated rings. The molecule has 1 aromatic heterocycles. The van der Waals surface area contributed by atoms with Gasteiger partial charge in [0.1, 0.15) is 29.6 Å². The summed E-state index contributed by atoms with van der Waals surface area (Å²) < 4.78 is 0. The molecule has 5 rings (SSSR count). The minimum absolute atomic E-state index is 0.0524. The van der Waals surface area contributed by atoms with Crippen LogP contribution >= 0.6 is 0 Å². The fourth-order valence-electron chi connectivity index (χ4n) is 5.36. The topological polar surface area (TPSA) is 170 Å². The van der Waals surface area contributed by atoms with E-state index >= 15 is 0 Å². The first kappa shape index (κ1) is 35.6. The number of nitrogens with zero attached hydrogens (tertiary/aromatic N) is 2. The lowest BCUT2D eigenvalue weighted by molar-refractivity contribution is -0.132. The third-order valence-electron chi connectivity index (χ3n) is 7.99. The van der Waals surface area contributed by atoms with Gasteiger partial charge in [0.05, 0.1) is 6.20 Å². The predicted octanol–water partition coefficient (Wildman–Crippen LogP) is 2.72. The Morgan fingerprint density at radius 3 is 2.25 bits per heavy atom. The van der Waals surface area contributed by atoms with Crippen LogP contribution in [0.4, 0.5) is 0 Å². The number of nitrogens with one attached hydrogen (secondary N) is 4. The average molecular weight is 657 g/mol.